The lowest BCUT2D eigenvalue weighted by Gasteiger charge is -2.10. The van der Waals surface area contributed by atoms with Crippen molar-refractivity contribution >= 4 is 22.7 Å². The predicted molar refractivity (Wildman–Crippen MR) is 71.1 cm³/mol. The molecule has 2 aromatic rings. The molecule has 0 radical (unpaired) electrons. The molecule has 0 bridgehead atoms. The van der Waals surface area contributed by atoms with Crippen molar-refractivity contribution < 1.29 is 0 Å². The van der Waals surface area contributed by atoms with Gasteiger partial charge in [0.15, 0.2) is 0 Å². The SMILES string of the molecule is CCc1ncc(CN[C@@H](C)c2cccs2)s1. The van der Waals surface area contributed by atoms with E-state index in [9.17, 15) is 0 Å². The minimum atomic E-state index is 0.423. The van der Waals surface area contributed by atoms with Crippen LogP contribution in [0.2, 0.25) is 0 Å². The van der Waals surface area contributed by atoms with E-state index < -0.39 is 0 Å². The zero-order chi connectivity index (χ0) is 11.4. The van der Waals surface area contributed by atoms with E-state index in [2.05, 4.69) is 41.7 Å². The summed E-state index contributed by atoms with van der Waals surface area (Å²) >= 11 is 3.60. The molecule has 2 heterocycles. The highest BCUT2D eigenvalue weighted by Crippen LogP contribution is 2.19. The van der Waals surface area contributed by atoms with Crippen LogP contribution in [0, 0.1) is 0 Å². The topological polar surface area (TPSA) is 24.9 Å². The fraction of sp³-hybridized carbons (Fsp3) is 0.417. The number of hydrogen-bond acceptors (Lipinski definition) is 4. The molecule has 16 heavy (non-hydrogen) atoms. The Morgan fingerprint density at radius 2 is 2.38 bits per heavy atom. The maximum absolute atomic E-state index is 4.36. The van der Waals surface area contributed by atoms with Crippen LogP contribution < -0.4 is 5.32 Å². The van der Waals surface area contributed by atoms with Crippen LogP contribution in [-0.2, 0) is 13.0 Å². The van der Waals surface area contributed by atoms with Crippen molar-refractivity contribution in [3.05, 3.63) is 38.5 Å². The van der Waals surface area contributed by atoms with Crippen LogP contribution in [0.15, 0.2) is 23.7 Å². The van der Waals surface area contributed by atoms with Crippen LogP contribution in [0.3, 0.4) is 0 Å². The largest absolute Gasteiger partial charge is 0.304 e. The predicted octanol–water partition coefficient (Wildman–Crippen LogP) is 3.62. The van der Waals surface area contributed by atoms with Crippen LogP contribution >= 0.6 is 22.7 Å². The molecule has 86 valence electrons. The summed E-state index contributed by atoms with van der Waals surface area (Å²) in [4.78, 5) is 7.07. The Bertz CT molecular complexity index is 420. The van der Waals surface area contributed by atoms with E-state index in [1.54, 1.807) is 22.7 Å². The van der Waals surface area contributed by atoms with Gasteiger partial charge in [0, 0.05) is 28.5 Å². The van der Waals surface area contributed by atoms with Crippen molar-refractivity contribution in [2.75, 3.05) is 0 Å². The third-order valence-corrected chi connectivity index (χ3v) is 4.65. The summed E-state index contributed by atoms with van der Waals surface area (Å²) in [5.41, 5.74) is 0. The molecule has 2 nitrogen and oxygen atoms in total. The van der Waals surface area contributed by atoms with E-state index >= 15 is 0 Å². The van der Waals surface area contributed by atoms with Crippen molar-refractivity contribution in [3.63, 3.8) is 0 Å². The fourth-order valence-corrected chi connectivity index (χ4v) is 3.06. The molecule has 0 aromatic carbocycles. The number of rotatable bonds is 5. The zero-order valence-electron chi connectivity index (χ0n) is 9.56. The second kappa shape index (κ2) is 5.57. The van der Waals surface area contributed by atoms with E-state index in [0.29, 0.717) is 6.04 Å². The molecule has 0 aliphatic rings. The molecular formula is C12H16N2S2. The van der Waals surface area contributed by atoms with Gasteiger partial charge in [0.25, 0.3) is 0 Å². The number of nitrogens with zero attached hydrogens (tertiary/aromatic N) is 1. The Hall–Kier alpha value is -0.710. The highest BCUT2D eigenvalue weighted by Gasteiger charge is 2.06. The molecule has 4 heteroatoms. The summed E-state index contributed by atoms with van der Waals surface area (Å²) in [5.74, 6) is 0. The lowest BCUT2D eigenvalue weighted by Crippen LogP contribution is -2.16. The maximum atomic E-state index is 4.36. The molecule has 0 spiro atoms. The number of thiophene rings is 1. The van der Waals surface area contributed by atoms with E-state index in [4.69, 9.17) is 0 Å². The monoisotopic (exact) mass is 252 g/mol. The highest BCUT2D eigenvalue weighted by atomic mass is 32.1. The first-order valence-corrected chi connectivity index (χ1v) is 7.19. The Labute approximate surface area is 104 Å². The Morgan fingerprint density at radius 3 is 3.00 bits per heavy atom. The molecule has 0 unspecified atom stereocenters. The zero-order valence-corrected chi connectivity index (χ0v) is 11.2. The molecule has 0 saturated heterocycles. The van der Waals surface area contributed by atoms with E-state index in [1.807, 2.05) is 6.20 Å². The molecule has 0 aliphatic heterocycles. The molecule has 1 N–H and O–H groups in total. The first kappa shape index (κ1) is 11.8. The van der Waals surface area contributed by atoms with Crippen molar-refractivity contribution in [2.45, 2.75) is 32.9 Å². The van der Waals surface area contributed by atoms with Gasteiger partial charge in [-0.2, -0.15) is 0 Å². The third kappa shape index (κ3) is 2.90. The van der Waals surface area contributed by atoms with Gasteiger partial charge in [0.05, 0.1) is 5.01 Å². The van der Waals surface area contributed by atoms with Gasteiger partial charge in [-0.1, -0.05) is 13.0 Å². The number of thiazole rings is 1. The van der Waals surface area contributed by atoms with Gasteiger partial charge in [0.2, 0.25) is 0 Å². The molecule has 0 aliphatic carbocycles. The molecule has 2 aromatic heterocycles. The summed E-state index contributed by atoms with van der Waals surface area (Å²) in [7, 11) is 0. The van der Waals surface area contributed by atoms with Crippen molar-refractivity contribution in [1.29, 1.82) is 0 Å². The van der Waals surface area contributed by atoms with Gasteiger partial charge in [-0.05, 0) is 24.8 Å². The van der Waals surface area contributed by atoms with Crippen LogP contribution in [0.5, 0.6) is 0 Å². The summed E-state index contributed by atoms with van der Waals surface area (Å²) < 4.78 is 0. The Kier molecular flexibility index (Phi) is 4.09. The quantitative estimate of drug-likeness (QED) is 0.879. The molecule has 0 amide bonds. The molecule has 2 rings (SSSR count). The second-order valence-corrected chi connectivity index (χ2v) is 5.87. The van der Waals surface area contributed by atoms with Crippen LogP contribution in [0.25, 0.3) is 0 Å². The standard InChI is InChI=1S/C12H16N2S2/c1-3-12-14-8-10(16-12)7-13-9(2)11-5-4-6-15-11/h4-6,8-9,13H,3,7H2,1-2H3/t9-/m0/s1. The first-order valence-electron chi connectivity index (χ1n) is 5.50. The average molecular weight is 252 g/mol. The van der Waals surface area contributed by atoms with Crippen LogP contribution in [-0.4, -0.2) is 4.98 Å². The van der Waals surface area contributed by atoms with Gasteiger partial charge in [-0.25, -0.2) is 4.98 Å². The number of aromatic nitrogens is 1. The van der Waals surface area contributed by atoms with E-state index in [-0.39, 0.29) is 0 Å². The highest BCUT2D eigenvalue weighted by molar-refractivity contribution is 7.11. The summed E-state index contributed by atoms with van der Waals surface area (Å²) in [5, 5.41) is 6.86. The van der Waals surface area contributed by atoms with Gasteiger partial charge in [0.1, 0.15) is 0 Å². The molecule has 0 saturated carbocycles. The minimum Gasteiger partial charge on any atom is -0.304 e. The summed E-state index contributed by atoms with van der Waals surface area (Å²) in [6, 6.07) is 4.69. The number of hydrogen-bond donors (Lipinski definition) is 1. The lowest BCUT2D eigenvalue weighted by atomic mass is 10.3. The minimum absolute atomic E-state index is 0.423. The van der Waals surface area contributed by atoms with Crippen LogP contribution in [0.4, 0.5) is 0 Å². The first-order chi connectivity index (χ1) is 7.79. The van der Waals surface area contributed by atoms with Crippen LogP contribution in [0.1, 0.15) is 34.7 Å². The van der Waals surface area contributed by atoms with Gasteiger partial charge < -0.3 is 5.32 Å². The normalized spacial score (nSPS) is 12.9. The summed E-state index contributed by atoms with van der Waals surface area (Å²) in [6.45, 7) is 5.26. The van der Waals surface area contributed by atoms with Gasteiger partial charge in [-0.3, -0.25) is 0 Å². The number of nitrogens with one attached hydrogen (secondary N) is 1. The summed E-state index contributed by atoms with van der Waals surface area (Å²) in [6.07, 6.45) is 3.02. The van der Waals surface area contributed by atoms with Crippen molar-refractivity contribution in [3.8, 4) is 0 Å². The van der Waals surface area contributed by atoms with E-state index in [0.717, 1.165) is 13.0 Å². The molecule has 1 atom stereocenters. The third-order valence-electron chi connectivity index (χ3n) is 2.46. The van der Waals surface area contributed by atoms with Gasteiger partial charge >= 0.3 is 0 Å². The second-order valence-electron chi connectivity index (χ2n) is 3.69. The lowest BCUT2D eigenvalue weighted by molar-refractivity contribution is 0.587. The smallest absolute Gasteiger partial charge is 0.0925 e. The van der Waals surface area contributed by atoms with E-state index in [1.165, 1.54) is 14.8 Å². The average Bonchev–Trinajstić information content (AvgIpc) is 2.96. The Balaban J connectivity index is 1.87. The maximum Gasteiger partial charge on any atom is 0.0925 e. The molecular weight excluding hydrogens is 236 g/mol. The Morgan fingerprint density at radius 1 is 1.50 bits per heavy atom. The van der Waals surface area contributed by atoms with Crippen molar-refractivity contribution in [1.82, 2.24) is 10.3 Å². The number of aryl methyl sites for hydroxylation is 1. The van der Waals surface area contributed by atoms with Crippen molar-refractivity contribution in [2.24, 2.45) is 0 Å². The molecule has 0 fully saturated rings. The fourth-order valence-electron chi connectivity index (χ4n) is 1.49. The van der Waals surface area contributed by atoms with Gasteiger partial charge in [-0.15, -0.1) is 22.7 Å².